The molecule has 1 aromatic carbocycles. The lowest BCUT2D eigenvalue weighted by Crippen LogP contribution is -2.23. The molecule has 1 saturated heterocycles. The van der Waals surface area contributed by atoms with E-state index in [4.69, 9.17) is 4.52 Å². The summed E-state index contributed by atoms with van der Waals surface area (Å²) >= 11 is 0. The van der Waals surface area contributed by atoms with Crippen LogP contribution in [0.5, 0.6) is 0 Å². The summed E-state index contributed by atoms with van der Waals surface area (Å²) in [6.45, 7) is 5.45. The van der Waals surface area contributed by atoms with E-state index in [0.717, 1.165) is 35.6 Å². The molecule has 7 nitrogen and oxygen atoms in total. The minimum absolute atomic E-state index is 0.194. The van der Waals surface area contributed by atoms with E-state index in [1.807, 2.05) is 55.1 Å². The van der Waals surface area contributed by atoms with Crippen molar-refractivity contribution in [1.29, 1.82) is 0 Å². The molecule has 7 heteroatoms. The zero-order valence-corrected chi connectivity index (χ0v) is 16.1. The molecule has 0 saturated carbocycles. The predicted octanol–water partition coefficient (Wildman–Crippen LogP) is 3.99. The van der Waals surface area contributed by atoms with Crippen molar-refractivity contribution in [3.8, 4) is 11.5 Å². The van der Waals surface area contributed by atoms with Crippen LogP contribution in [0.15, 0.2) is 47.1 Å². The first-order valence-electron chi connectivity index (χ1n) is 9.53. The van der Waals surface area contributed by atoms with Gasteiger partial charge in [0.05, 0.1) is 0 Å². The molecule has 0 atom stereocenters. The average molecular weight is 377 g/mol. The molecule has 3 heterocycles. The van der Waals surface area contributed by atoms with Gasteiger partial charge in [-0.3, -0.25) is 4.79 Å². The Balaban J connectivity index is 1.46. The van der Waals surface area contributed by atoms with Gasteiger partial charge in [-0.1, -0.05) is 31.1 Å². The summed E-state index contributed by atoms with van der Waals surface area (Å²) in [6, 6.07) is 11.8. The Hall–Kier alpha value is -3.22. The van der Waals surface area contributed by atoms with Gasteiger partial charge in [-0.25, -0.2) is 4.98 Å². The SMILES string of the molecule is CC(C)c1noc(-c2ccnc(NCc3cccc(N4CCCC4=O)c3)c2)n1. The van der Waals surface area contributed by atoms with Gasteiger partial charge in [-0.2, -0.15) is 4.98 Å². The minimum Gasteiger partial charge on any atom is -0.366 e. The summed E-state index contributed by atoms with van der Waals surface area (Å²) in [4.78, 5) is 22.6. The third kappa shape index (κ3) is 3.88. The van der Waals surface area contributed by atoms with E-state index in [-0.39, 0.29) is 11.8 Å². The third-order valence-electron chi connectivity index (χ3n) is 4.73. The topological polar surface area (TPSA) is 84.2 Å². The van der Waals surface area contributed by atoms with E-state index >= 15 is 0 Å². The van der Waals surface area contributed by atoms with Crippen LogP contribution in [-0.2, 0) is 11.3 Å². The van der Waals surface area contributed by atoms with E-state index in [1.54, 1.807) is 6.20 Å². The summed E-state index contributed by atoms with van der Waals surface area (Å²) in [5.41, 5.74) is 2.87. The van der Waals surface area contributed by atoms with E-state index in [2.05, 4.69) is 20.4 Å². The van der Waals surface area contributed by atoms with Crippen molar-refractivity contribution >= 4 is 17.4 Å². The number of rotatable bonds is 6. The van der Waals surface area contributed by atoms with Crippen LogP contribution in [0.2, 0.25) is 0 Å². The van der Waals surface area contributed by atoms with Crippen molar-refractivity contribution in [3.05, 3.63) is 54.0 Å². The average Bonchev–Trinajstić information content (AvgIpc) is 3.36. The number of hydrogen-bond donors (Lipinski definition) is 1. The Morgan fingerprint density at radius 2 is 2.14 bits per heavy atom. The molecule has 0 radical (unpaired) electrons. The quantitative estimate of drug-likeness (QED) is 0.699. The Morgan fingerprint density at radius 1 is 1.25 bits per heavy atom. The molecule has 0 aliphatic carbocycles. The molecule has 2 aromatic heterocycles. The van der Waals surface area contributed by atoms with Gasteiger partial charge in [-0.05, 0) is 36.2 Å². The molecule has 28 heavy (non-hydrogen) atoms. The highest BCUT2D eigenvalue weighted by molar-refractivity contribution is 5.95. The van der Waals surface area contributed by atoms with Crippen molar-refractivity contribution in [3.63, 3.8) is 0 Å². The highest BCUT2D eigenvalue weighted by atomic mass is 16.5. The Kier molecular flexibility index (Phi) is 5.06. The molecular formula is C21H23N5O2. The van der Waals surface area contributed by atoms with Crippen molar-refractivity contribution in [2.45, 2.75) is 39.2 Å². The zero-order chi connectivity index (χ0) is 19.5. The number of nitrogens with zero attached hydrogens (tertiary/aromatic N) is 4. The molecule has 0 unspecified atom stereocenters. The van der Waals surface area contributed by atoms with Gasteiger partial charge in [-0.15, -0.1) is 0 Å². The fourth-order valence-electron chi connectivity index (χ4n) is 3.19. The maximum atomic E-state index is 12.0. The maximum Gasteiger partial charge on any atom is 0.258 e. The third-order valence-corrected chi connectivity index (χ3v) is 4.73. The largest absolute Gasteiger partial charge is 0.366 e. The van der Waals surface area contributed by atoms with Gasteiger partial charge in [0.2, 0.25) is 5.91 Å². The highest BCUT2D eigenvalue weighted by Gasteiger charge is 2.21. The number of amides is 1. The lowest BCUT2D eigenvalue weighted by molar-refractivity contribution is -0.117. The van der Waals surface area contributed by atoms with Gasteiger partial charge in [0.25, 0.3) is 5.89 Å². The molecule has 1 fully saturated rings. The van der Waals surface area contributed by atoms with Crippen LogP contribution >= 0.6 is 0 Å². The first-order chi connectivity index (χ1) is 13.6. The summed E-state index contributed by atoms with van der Waals surface area (Å²) in [5.74, 6) is 2.31. The smallest absolute Gasteiger partial charge is 0.258 e. The van der Waals surface area contributed by atoms with Crippen molar-refractivity contribution < 1.29 is 9.32 Å². The molecule has 3 aromatic rings. The maximum absolute atomic E-state index is 12.0. The zero-order valence-electron chi connectivity index (χ0n) is 16.1. The number of anilines is 2. The molecular weight excluding hydrogens is 354 g/mol. The highest BCUT2D eigenvalue weighted by Crippen LogP contribution is 2.24. The minimum atomic E-state index is 0.194. The van der Waals surface area contributed by atoms with Crippen molar-refractivity contribution in [1.82, 2.24) is 15.1 Å². The van der Waals surface area contributed by atoms with Crippen LogP contribution in [0.25, 0.3) is 11.5 Å². The number of benzene rings is 1. The number of carbonyl (C=O) groups is 1. The van der Waals surface area contributed by atoms with E-state index < -0.39 is 0 Å². The first kappa shape index (κ1) is 18.2. The Morgan fingerprint density at radius 3 is 2.89 bits per heavy atom. The van der Waals surface area contributed by atoms with Crippen LogP contribution < -0.4 is 10.2 Å². The second-order valence-electron chi connectivity index (χ2n) is 7.21. The second-order valence-corrected chi connectivity index (χ2v) is 7.21. The Labute approximate surface area is 163 Å². The molecule has 4 rings (SSSR count). The number of pyridine rings is 1. The van der Waals surface area contributed by atoms with Gasteiger partial charge in [0.1, 0.15) is 5.82 Å². The van der Waals surface area contributed by atoms with Crippen LogP contribution in [0, 0.1) is 0 Å². The molecule has 1 amide bonds. The summed E-state index contributed by atoms with van der Waals surface area (Å²) in [5, 5.41) is 7.34. The van der Waals surface area contributed by atoms with Gasteiger partial charge >= 0.3 is 0 Å². The molecule has 0 bridgehead atoms. The number of hydrogen-bond acceptors (Lipinski definition) is 6. The standard InChI is InChI=1S/C21H23N5O2/c1-14(2)20-24-21(28-25-20)16-8-9-22-18(12-16)23-13-15-5-3-6-17(11-15)26-10-4-7-19(26)27/h3,5-6,8-9,11-12,14H,4,7,10,13H2,1-2H3,(H,22,23). The van der Waals surface area contributed by atoms with Crippen LogP contribution in [0.3, 0.4) is 0 Å². The van der Waals surface area contributed by atoms with Gasteiger partial charge in [0, 0.05) is 42.9 Å². The van der Waals surface area contributed by atoms with Crippen LogP contribution in [0.4, 0.5) is 11.5 Å². The van der Waals surface area contributed by atoms with Crippen molar-refractivity contribution in [2.24, 2.45) is 0 Å². The Bertz CT molecular complexity index is 982. The molecule has 0 spiro atoms. The van der Waals surface area contributed by atoms with Crippen molar-refractivity contribution in [2.75, 3.05) is 16.8 Å². The van der Waals surface area contributed by atoms with E-state index in [9.17, 15) is 4.79 Å². The summed E-state index contributed by atoms with van der Waals surface area (Å²) < 4.78 is 5.36. The fraction of sp³-hybridized carbons (Fsp3) is 0.333. The van der Waals surface area contributed by atoms with Crippen LogP contribution in [0.1, 0.15) is 44.0 Å². The van der Waals surface area contributed by atoms with Gasteiger partial charge < -0.3 is 14.7 Å². The number of carbonyl (C=O) groups excluding carboxylic acids is 1. The normalized spacial score (nSPS) is 14.1. The summed E-state index contributed by atoms with van der Waals surface area (Å²) in [6.07, 6.45) is 3.27. The lowest BCUT2D eigenvalue weighted by atomic mass is 10.2. The summed E-state index contributed by atoms with van der Waals surface area (Å²) in [7, 11) is 0. The molecule has 1 aliphatic rings. The number of nitrogens with one attached hydrogen (secondary N) is 1. The second kappa shape index (κ2) is 7.80. The van der Waals surface area contributed by atoms with E-state index in [1.165, 1.54) is 0 Å². The number of aromatic nitrogens is 3. The monoisotopic (exact) mass is 377 g/mol. The van der Waals surface area contributed by atoms with Gasteiger partial charge in [0.15, 0.2) is 5.82 Å². The molecule has 1 N–H and O–H groups in total. The van der Waals surface area contributed by atoms with E-state index in [0.29, 0.717) is 24.7 Å². The first-order valence-corrected chi connectivity index (χ1v) is 9.53. The van der Waals surface area contributed by atoms with Crippen LogP contribution in [-0.4, -0.2) is 27.6 Å². The molecule has 1 aliphatic heterocycles. The fourth-order valence-corrected chi connectivity index (χ4v) is 3.19. The lowest BCUT2D eigenvalue weighted by Gasteiger charge is -2.16. The predicted molar refractivity (Wildman–Crippen MR) is 107 cm³/mol. The molecule has 144 valence electrons.